The van der Waals surface area contributed by atoms with Crippen molar-refractivity contribution in [1.29, 1.82) is 0 Å². The molecule has 2 aliphatic heterocycles. The number of hydrogen-bond acceptors (Lipinski definition) is 4. The number of nitrogens with zero attached hydrogens (tertiary/aromatic N) is 3. The summed E-state index contributed by atoms with van der Waals surface area (Å²) in [6, 6.07) is 4.13. The van der Waals surface area contributed by atoms with E-state index < -0.39 is 0 Å². The number of nitrogens with one attached hydrogen (secondary N) is 1. The zero-order valence-electron chi connectivity index (χ0n) is 12.5. The average molecular weight is 288 g/mol. The number of amides is 1. The number of carbonyl (C=O) groups is 1. The van der Waals surface area contributed by atoms with Crippen LogP contribution < -0.4 is 5.32 Å². The number of hydrogen-bond donors (Lipinski definition) is 1. The smallest absolute Gasteiger partial charge is 0.225 e. The van der Waals surface area contributed by atoms with E-state index in [1.54, 1.807) is 0 Å². The van der Waals surface area contributed by atoms with Crippen LogP contribution in [0.25, 0.3) is 0 Å². The third-order valence-corrected chi connectivity index (χ3v) is 4.52. The van der Waals surface area contributed by atoms with Crippen LogP contribution in [0.5, 0.6) is 0 Å². The van der Waals surface area contributed by atoms with Gasteiger partial charge in [-0.25, -0.2) is 0 Å². The van der Waals surface area contributed by atoms with E-state index in [1.807, 2.05) is 17.3 Å². The predicted octanol–water partition coefficient (Wildman–Crippen LogP) is 0.725. The van der Waals surface area contributed by atoms with Gasteiger partial charge in [0.05, 0.1) is 0 Å². The molecule has 2 saturated heterocycles. The molecule has 0 aromatic carbocycles. The van der Waals surface area contributed by atoms with Crippen LogP contribution in [0.1, 0.15) is 18.4 Å². The second kappa shape index (κ2) is 7.00. The van der Waals surface area contributed by atoms with Crippen LogP contribution in [0.15, 0.2) is 24.5 Å². The molecule has 3 heterocycles. The quantitative estimate of drug-likeness (QED) is 0.890. The predicted molar refractivity (Wildman–Crippen MR) is 81.7 cm³/mol. The largest absolute Gasteiger partial charge is 0.340 e. The maximum Gasteiger partial charge on any atom is 0.225 e. The Morgan fingerprint density at radius 1 is 1.14 bits per heavy atom. The summed E-state index contributed by atoms with van der Waals surface area (Å²) in [5.41, 5.74) is 1.30. The van der Waals surface area contributed by atoms with E-state index in [2.05, 4.69) is 27.3 Å². The lowest BCUT2D eigenvalue weighted by Gasteiger charge is -2.35. The number of rotatable bonds is 3. The van der Waals surface area contributed by atoms with Gasteiger partial charge in [-0.3, -0.25) is 14.7 Å². The molecule has 21 heavy (non-hydrogen) atoms. The van der Waals surface area contributed by atoms with Crippen LogP contribution in [0.4, 0.5) is 0 Å². The van der Waals surface area contributed by atoms with Crippen LogP contribution in [0.2, 0.25) is 0 Å². The summed E-state index contributed by atoms with van der Waals surface area (Å²) in [6.45, 7) is 6.62. The van der Waals surface area contributed by atoms with E-state index in [1.165, 1.54) is 5.56 Å². The van der Waals surface area contributed by atoms with Crippen molar-refractivity contribution in [2.24, 2.45) is 5.92 Å². The van der Waals surface area contributed by atoms with Crippen LogP contribution in [-0.2, 0) is 11.3 Å². The van der Waals surface area contributed by atoms with Crippen LogP contribution in [-0.4, -0.2) is 60.0 Å². The van der Waals surface area contributed by atoms with Crippen molar-refractivity contribution in [2.75, 3.05) is 39.3 Å². The van der Waals surface area contributed by atoms with Gasteiger partial charge in [0.15, 0.2) is 0 Å². The van der Waals surface area contributed by atoms with Gasteiger partial charge in [-0.1, -0.05) is 0 Å². The molecule has 5 heteroatoms. The van der Waals surface area contributed by atoms with Crippen molar-refractivity contribution in [3.8, 4) is 0 Å². The molecular weight excluding hydrogens is 264 g/mol. The molecule has 0 bridgehead atoms. The molecule has 0 atom stereocenters. The molecule has 1 N–H and O–H groups in total. The number of piperidine rings is 1. The second-order valence-electron chi connectivity index (χ2n) is 5.98. The van der Waals surface area contributed by atoms with Gasteiger partial charge in [0.25, 0.3) is 0 Å². The van der Waals surface area contributed by atoms with Crippen molar-refractivity contribution in [3.63, 3.8) is 0 Å². The molecule has 0 aliphatic carbocycles. The van der Waals surface area contributed by atoms with Gasteiger partial charge in [-0.2, -0.15) is 0 Å². The molecular formula is C16H24N4O. The fourth-order valence-electron chi connectivity index (χ4n) is 3.23. The maximum atomic E-state index is 12.5. The Bertz CT molecular complexity index is 451. The van der Waals surface area contributed by atoms with E-state index in [0.717, 1.165) is 58.7 Å². The molecule has 1 aromatic heterocycles. The average Bonchev–Trinajstić information content (AvgIpc) is 2.57. The molecule has 2 aliphatic rings. The highest BCUT2D eigenvalue weighted by molar-refractivity contribution is 5.79. The Hall–Kier alpha value is -1.46. The highest BCUT2D eigenvalue weighted by Gasteiger charge is 2.28. The third kappa shape index (κ3) is 3.80. The minimum absolute atomic E-state index is 0.233. The van der Waals surface area contributed by atoms with Gasteiger partial charge >= 0.3 is 0 Å². The fourth-order valence-corrected chi connectivity index (χ4v) is 3.23. The van der Waals surface area contributed by atoms with Crippen molar-refractivity contribution < 1.29 is 4.79 Å². The van der Waals surface area contributed by atoms with E-state index in [0.29, 0.717) is 5.91 Å². The van der Waals surface area contributed by atoms with E-state index in [9.17, 15) is 4.79 Å². The summed E-state index contributed by atoms with van der Waals surface area (Å²) in [6.07, 6.45) is 5.67. The minimum Gasteiger partial charge on any atom is -0.340 e. The summed E-state index contributed by atoms with van der Waals surface area (Å²) < 4.78 is 0. The van der Waals surface area contributed by atoms with E-state index in [4.69, 9.17) is 0 Å². The maximum absolute atomic E-state index is 12.5. The molecule has 0 radical (unpaired) electrons. The Labute approximate surface area is 126 Å². The van der Waals surface area contributed by atoms with Gasteiger partial charge in [-0.15, -0.1) is 0 Å². The molecule has 5 nitrogen and oxygen atoms in total. The van der Waals surface area contributed by atoms with Crippen LogP contribution in [0, 0.1) is 5.92 Å². The first-order valence-corrected chi connectivity index (χ1v) is 7.94. The highest BCUT2D eigenvalue weighted by atomic mass is 16.2. The number of likely N-dealkylation sites (tertiary alicyclic amines) is 1. The zero-order valence-corrected chi connectivity index (χ0v) is 12.5. The molecule has 3 rings (SSSR count). The van der Waals surface area contributed by atoms with Crippen molar-refractivity contribution in [1.82, 2.24) is 20.1 Å². The molecule has 0 spiro atoms. The van der Waals surface area contributed by atoms with Crippen LogP contribution >= 0.6 is 0 Å². The Morgan fingerprint density at radius 2 is 1.81 bits per heavy atom. The van der Waals surface area contributed by atoms with Gasteiger partial charge < -0.3 is 10.2 Å². The lowest BCUT2D eigenvalue weighted by Crippen LogP contribution is -2.50. The standard InChI is InChI=1S/C16H24N4O/c21-16(20-11-7-18-8-12-20)15-3-9-19(10-4-15)13-14-1-5-17-6-2-14/h1-2,5-6,15,18H,3-4,7-13H2. The number of aromatic nitrogens is 1. The number of pyridine rings is 1. The molecule has 0 saturated carbocycles. The first kappa shape index (κ1) is 14.5. The monoisotopic (exact) mass is 288 g/mol. The van der Waals surface area contributed by atoms with Gasteiger partial charge in [-0.05, 0) is 43.6 Å². The topological polar surface area (TPSA) is 48.5 Å². The summed E-state index contributed by atoms with van der Waals surface area (Å²) in [5.74, 6) is 0.608. The van der Waals surface area contributed by atoms with Crippen molar-refractivity contribution in [3.05, 3.63) is 30.1 Å². The van der Waals surface area contributed by atoms with Gasteiger partial charge in [0.2, 0.25) is 5.91 Å². The Morgan fingerprint density at radius 3 is 2.48 bits per heavy atom. The lowest BCUT2D eigenvalue weighted by molar-refractivity contribution is -0.137. The normalized spacial score (nSPS) is 21.4. The molecule has 1 amide bonds. The van der Waals surface area contributed by atoms with Gasteiger partial charge in [0, 0.05) is 51.0 Å². The zero-order chi connectivity index (χ0) is 14.5. The lowest BCUT2D eigenvalue weighted by atomic mass is 9.94. The summed E-state index contributed by atoms with van der Waals surface area (Å²) in [4.78, 5) is 21.0. The summed E-state index contributed by atoms with van der Waals surface area (Å²) in [7, 11) is 0. The van der Waals surface area contributed by atoms with Crippen LogP contribution in [0.3, 0.4) is 0 Å². The molecule has 1 aromatic rings. The Balaban J connectivity index is 1.47. The van der Waals surface area contributed by atoms with E-state index in [-0.39, 0.29) is 5.92 Å². The number of carbonyl (C=O) groups excluding carboxylic acids is 1. The first-order chi connectivity index (χ1) is 10.3. The summed E-state index contributed by atoms with van der Waals surface area (Å²) in [5, 5.41) is 3.30. The van der Waals surface area contributed by atoms with Crippen molar-refractivity contribution >= 4 is 5.91 Å². The second-order valence-corrected chi connectivity index (χ2v) is 5.98. The first-order valence-electron chi connectivity index (χ1n) is 7.94. The van der Waals surface area contributed by atoms with E-state index >= 15 is 0 Å². The third-order valence-electron chi connectivity index (χ3n) is 4.52. The summed E-state index contributed by atoms with van der Waals surface area (Å²) >= 11 is 0. The van der Waals surface area contributed by atoms with Gasteiger partial charge in [0.1, 0.15) is 0 Å². The highest BCUT2D eigenvalue weighted by Crippen LogP contribution is 2.21. The molecule has 2 fully saturated rings. The number of piperazine rings is 1. The SMILES string of the molecule is O=C(C1CCN(Cc2ccncc2)CC1)N1CCNCC1. The molecule has 114 valence electrons. The fraction of sp³-hybridized carbons (Fsp3) is 0.625. The van der Waals surface area contributed by atoms with Crippen molar-refractivity contribution in [2.45, 2.75) is 19.4 Å². The Kier molecular flexibility index (Phi) is 4.83. The molecule has 0 unspecified atom stereocenters. The minimum atomic E-state index is 0.233.